The molecule has 5 heteroatoms. The highest BCUT2D eigenvalue weighted by atomic mass is 16.6. The molecule has 0 spiro atoms. The summed E-state index contributed by atoms with van der Waals surface area (Å²) in [7, 11) is 1.75. The molecule has 1 aliphatic rings. The van der Waals surface area contributed by atoms with Crippen molar-refractivity contribution >= 4 is 5.69 Å². The standard InChI is InChI=1S/C15H22N2O3/c1-11(12-6-5-7-13(10-12)17(18)19)16-14-8-3-4-9-15(14)20-2/h5-7,10-11,14-16H,3-4,8-9H2,1-2H3. The highest BCUT2D eigenvalue weighted by Gasteiger charge is 2.26. The SMILES string of the molecule is COC1CCCCC1NC(C)c1cccc([N+](=O)[O-])c1. The molecule has 0 heterocycles. The summed E-state index contributed by atoms with van der Waals surface area (Å²) >= 11 is 0. The number of nitrogens with zero attached hydrogens (tertiary/aromatic N) is 1. The van der Waals surface area contributed by atoms with Crippen molar-refractivity contribution in [2.45, 2.75) is 50.8 Å². The van der Waals surface area contributed by atoms with Gasteiger partial charge in [-0.15, -0.1) is 0 Å². The molecular weight excluding hydrogens is 256 g/mol. The lowest BCUT2D eigenvalue weighted by molar-refractivity contribution is -0.384. The number of hydrogen-bond donors (Lipinski definition) is 1. The van der Waals surface area contributed by atoms with Crippen molar-refractivity contribution in [3.05, 3.63) is 39.9 Å². The van der Waals surface area contributed by atoms with E-state index >= 15 is 0 Å². The average molecular weight is 278 g/mol. The first-order valence-corrected chi connectivity index (χ1v) is 7.15. The number of benzene rings is 1. The lowest BCUT2D eigenvalue weighted by Gasteiger charge is -2.33. The quantitative estimate of drug-likeness (QED) is 0.663. The zero-order chi connectivity index (χ0) is 14.5. The third kappa shape index (κ3) is 3.55. The van der Waals surface area contributed by atoms with Gasteiger partial charge in [-0.2, -0.15) is 0 Å². The number of nitro groups is 1. The van der Waals surface area contributed by atoms with Crippen LogP contribution in [0.2, 0.25) is 0 Å². The van der Waals surface area contributed by atoms with Crippen molar-refractivity contribution in [1.82, 2.24) is 5.32 Å². The van der Waals surface area contributed by atoms with Gasteiger partial charge in [0.2, 0.25) is 0 Å². The Labute approximate surface area is 119 Å². The number of nitrogens with one attached hydrogen (secondary N) is 1. The van der Waals surface area contributed by atoms with Crippen molar-refractivity contribution in [3.63, 3.8) is 0 Å². The summed E-state index contributed by atoms with van der Waals surface area (Å²) < 4.78 is 5.53. The van der Waals surface area contributed by atoms with Crippen molar-refractivity contribution in [1.29, 1.82) is 0 Å². The maximum absolute atomic E-state index is 10.8. The lowest BCUT2D eigenvalue weighted by Crippen LogP contribution is -2.44. The van der Waals surface area contributed by atoms with Crippen LogP contribution in [0.15, 0.2) is 24.3 Å². The molecule has 3 atom stereocenters. The van der Waals surface area contributed by atoms with E-state index < -0.39 is 0 Å². The van der Waals surface area contributed by atoms with Gasteiger partial charge in [0.25, 0.3) is 5.69 Å². The molecule has 1 saturated carbocycles. The van der Waals surface area contributed by atoms with E-state index in [-0.39, 0.29) is 22.8 Å². The molecule has 1 aromatic carbocycles. The first-order chi connectivity index (χ1) is 9.61. The number of rotatable bonds is 5. The van der Waals surface area contributed by atoms with Gasteiger partial charge in [0.15, 0.2) is 0 Å². The second-order valence-corrected chi connectivity index (χ2v) is 5.41. The molecule has 1 N–H and O–H groups in total. The number of ether oxygens (including phenoxy) is 1. The van der Waals surface area contributed by atoms with Gasteiger partial charge in [-0.05, 0) is 25.3 Å². The third-order valence-electron chi connectivity index (χ3n) is 4.05. The fraction of sp³-hybridized carbons (Fsp3) is 0.600. The summed E-state index contributed by atoms with van der Waals surface area (Å²) in [6.45, 7) is 2.04. The Balaban J connectivity index is 2.05. The fourth-order valence-corrected chi connectivity index (χ4v) is 2.89. The first kappa shape index (κ1) is 14.9. The zero-order valence-corrected chi connectivity index (χ0v) is 12.0. The van der Waals surface area contributed by atoms with E-state index in [1.54, 1.807) is 19.2 Å². The van der Waals surface area contributed by atoms with Gasteiger partial charge in [0, 0.05) is 31.3 Å². The predicted octanol–water partition coefficient (Wildman–Crippen LogP) is 3.20. The van der Waals surface area contributed by atoms with E-state index in [1.165, 1.54) is 18.9 Å². The van der Waals surface area contributed by atoms with E-state index in [0.29, 0.717) is 6.04 Å². The second-order valence-electron chi connectivity index (χ2n) is 5.41. The Hall–Kier alpha value is -1.46. The van der Waals surface area contributed by atoms with Crippen molar-refractivity contribution in [2.75, 3.05) is 7.11 Å². The zero-order valence-electron chi connectivity index (χ0n) is 12.0. The maximum atomic E-state index is 10.8. The minimum absolute atomic E-state index is 0.0793. The topological polar surface area (TPSA) is 64.4 Å². The number of hydrogen-bond acceptors (Lipinski definition) is 4. The van der Waals surface area contributed by atoms with Gasteiger partial charge >= 0.3 is 0 Å². The molecule has 0 aliphatic heterocycles. The maximum Gasteiger partial charge on any atom is 0.269 e. The Morgan fingerprint density at radius 3 is 2.85 bits per heavy atom. The minimum atomic E-state index is -0.352. The van der Waals surface area contributed by atoms with Crippen LogP contribution in [0.4, 0.5) is 5.69 Å². The van der Waals surface area contributed by atoms with E-state index in [2.05, 4.69) is 5.32 Å². The van der Waals surface area contributed by atoms with Crippen molar-refractivity contribution in [3.8, 4) is 0 Å². The molecule has 3 unspecified atom stereocenters. The van der Waals surface area contributed by atoms with E-state index in [4.69, 9.17) is 4.74 Å². The normalized spacial score (nSPS) is 24.3. The van der Waals surface area contributed by atoms with Crippen LogP contribution >= 0.6 is 0 Å². The molecule has 110 valence electrons. The lowest BCUT2D eigenvalue weighted by atomic mass is 9.91. The molecule has 1 fully saturated rings. The van der Waals surface area contributed by atoms with Gasteiger partial charge in [0.05, 0.1) is 11.0 Å². The van der Waals surface area contributed by atoms with Gasteiger partial charge in [-0.25, -0.2) is 0 Å². The molecule has 0 amide bonds. The highest BCUT2D eigenvalue weighted by molar-refractivity contribution is 5.35. The Morgan fingerprint density at radius 1 is 1.40 bits per heavy atom. The van der Waals surface area contributed by atoms with Crippen LogP contribution in [-0.4, -0.2) is 24.2 Å². The Kier molecular flexibility index (Phi) is 5.09. The molecule has 1 aromatic rings. The van der Waals surface area contributed by atoms with Crippen LogP contribution in [0.5, 0.6) is 0 Å². The molecule has 2 rings (SSSR count). The molecule has 0 radical (unpaired) electrons. The fourth-order valence-electron chi connectivity index (χ4n) is 2.89. The Morgan fingerprint density at radius 2 is 2.15 bits per heavy atom. The van der Waals surface area contributed by atoms with Crippen LogP contribution in [0, 0.1) is 10.1 Å². The van der Waals surface area contributed by atoms with Crippen LogP contribution in [0.3, 0.4) is 0 Å². The summed E-state index contributed by atoms with van der Waals surface area (Å²) in [4.78, 5) is 10.5. The van der Waals surface area contributed by atoms with E-state index in [1.807, 2.05) is 13.0 Å². The summed E-state index contributed by atoms with van der Waals surface area (Å²) in [6, 6.07) is 7.23. The first-order valence-electron chi connectivity index (χ1n) is 7.15. The second kappa shape index (κ2) is 6.81. The largest absolute Gasteiger partial charge is 0.380 e. The number of methoxy groups -OCH3 is 1. The van der Waals surface area contributed by atoms with Gasteiger partial charge in [0.1, 0.15) is 0 Å². The molecule has 1 aliphatic carbocycles. The average Bonchev–Trinajstić information content (AvgIpc) is 2.48. The molecule has 0 saturated heterocycles. The summed E-state index contributed by atoms with van der Waals surface area (Å²) in [5.74, 6) is 0. The number of non-ortho nitro benzene ring substituents is 1. The highest BCUT2D eigenvalue weighted by Crippen LogP contribution is 2.25. The smallest absolute Gasteiger partial charge is 0.269 e. The molecule has 20 heavy (non-hydrogen) atoms. The van der Waals surface area contributed by atoms with Crippen molar-refractivity contribution < 1.29 is 9.66 Å². The summed E-state index contributed by atoms with van der Waals surface area (Å²) in [5.41, 5.74) is 1.09. The summed E-state index contributed by atoms with van der Waals surface area (Å²) in [5, 5.41) is 14.4. The predicted molar refractivity (Wildman–Crippen MR) is 77.7 cm³/mol. The molecule has 0 aromatic heterocycles. The van der Waals surface area contributed by atoms with Crippen LogP contribution in [-0.2, 0) is 4.74 Å². The van der Waals surface area contributed by atoms with Crippen LogP contribution < -0.4 is 5.32 Å². The van der Waals surface area contributed by atoms with Crippen LogP contribution in [0.1, 0.15) is 44.2 Å². The molecule has 5 nitrogen and oxygen atoms in total. The molecular formula is C15H22N2O3. The summed E-state index contributed by atoms with van der Waals surface area (Å²) in [6.07, 6.45) is 4.83. The Bertz CT molecular complexity index is 464. The van der Waals surface area contributed by atoms with E-state index in [0.717, 1.165) is 18.4 Å². The van der Waals surface area contributed by atoms with E-state index in [9.17, 15) is 10.1 Å². The monoisotopic (exact) mass is 278 g/mol. The minimum Gasteiger partial charge on any atom is -0.380 e. The third-order valence-corrected chi connectivity index (χ3v) is 4.05. The molecule has 0 bridgehead atoms. The number of nitro benzene ring substituents is 1. The van der Waals surface area contributed by atoms with Gasteiger partial charge in [-0.1, -0.05) is 25.0 Å². The van der Waals surface area contributed by atoms with Gasteiger partial charge < -0.3 is 10.1 Å². The van der Waals surface area contributed by atoms with Gasteiger partial charge in [-0.3, -0.25) is 10.1 Å². The van der Waals surface area contributed by atoms with Crippen molar-refractivity contribution in [2.24, 2.45) is 0 Å². The van der Waals surface area contributed by atoms with Crippen LogP contribution in [0.25, 0.3) is 0 Å².